The summed E-state index contributed by atoms with van der Waals surface area (Å²) in [5.74, 6) is 0.507. The SMILES string of the molecule is CCC(C)c1ncncc1Br. The molecule has 0 saturated carbocycles. The largest absolute Gasteiger partial charge is 0.244 e. The monoisotopic (exact) mass is 214 g/mol. The zero-order valence-electron chi connectivity index (χ0n) is 6.71. The molecule has 1 atom stereocenters. The summed E-state index contributed by atoms with van der Waals surface area (Å²) in [6, 6.07) is 0. The van der Waals surface area contributed by atoms with Gasteiger partial charge in [-0.25, -0.2) is 9.97 Å². The van der Waals surface area contributed by atoms with E-state index in [9.17, 15) is 0 Å². The second kappa shape index (κ2) is 3.81. The number of halogens is 1. The lowest BCUT2D eigenvalue weighted by Gasteiger charge is -2.07. The Morgan fingerprint density at radius 3 is 2.91 bits per heavy atom. The van der Waals surface area contributed by atoms with Crippen molar-refractivity contribution in [3.05, 3.63) is 22.7 Å². The van der Waals surface area contributed by atoms with Crippen LogP contribution < -0.4 is 0 Å². The van der Waals surface area contributed by atoms with Crippen molar-refractivity contribution in [2.75, 3.05) is 0 Å². The molecule has 0 radical (unpaired) electrons. The summed E-state index contributed by atoms with van der Waals surface area (Å²) < 4.78 is 1.01. The van der Waals surface area contributed by atoms with E-state index in [4.69, 9.17) is 0 Å². The Kier molecular flexibility index (Phi) is 3.00. The summed E-state index contributed by atoms with van der Waals surface area (Å²) in [7, 11) is 0. The predicted molar refractivity (Wildman–Crippen MR) is 48.4 cm³/mol. The summed E-state index contributed by atoms with van der Waals surface area (Å²) in [6.45, 7) is 4.31. The molecule has 3 heteroatoms. The molecule has 0 fully saturated rings. The third-order valence-corrected chi connectivity index (χ3v) is 2.39. The summed E-state index contributed by atoms with van der Waals surface area (Å²) >= 11 is 3.41. The van der Waals surface area contributed by atoms with Crippen LogP contribution >= 0.6 is 15.9 Å². The first-order valence-electron chi connectivity index (χ1n) is 3.71. The molecule has 0 amide bonds. The lowest BCUT2D eigenvalue weighted by molar-refractivity contribution is 0.699. The first kappa shape index (κ1) is 8.65. The smallest absolute Gasteiger partial charge is 0.115 e. The Balaban J connectivity index is 2.93. The van der Waals surface area contributed by atoms with E-state index in [1.165, 1.54) is 0 Å². The highest BCUT2D eigenvalue weighted by Gasteiger charge is 2.07. The van der Waals surface area contributed by atoms with Crippen molar-refractivity contribution in [2.24, 2.45) is 0 Å². The van der Waals surface area contributed by atoms with E-state index in [-0.39, 0.29) is 0 Å². The molecule has 0 N–H and O–H groups in total. The van der Waals surface area contributed by atoms with Crippen LogP contribution in [0.1, 0.15) is 31.9 Å². The van der Waals surface area contributed by atoms with Crippen LogP contribution in [0, 0.1) is 0 Å². The minimum atomic E-state index is 0.507. The molecule has 1 heterocycles. The molecule has 0 spiro atoms. The van der Waals surface area contributed by atoms with E-state index in [0.29, 0.717) is 5.92 Å². The van der Waals surface area contributed by atoms with Gasteiger partial charge in [0.05, 0.1) is 10.2 Å². The first-order chi connectivity index (χ1) is 5.25. The van der Waals surface area contributed by atoms with Gasteiger partial charge in [0.15, 0.2) is 0 Å². The van der Waals surface area contributed by atoms with Gasteiger partial charge < -0.3 is 0 Å². The van der Waals surface area contributed by atoms with Crippen molar-refractivity contribution < 1.29 is 0 Å². The molecule has 11 heavy (non-hydrogen) atoms. The Hall–Kier alpha value is -0.440. The number of aromatic nitrogens is 2. The Bertz CT molecular complexity index is 237. The summed E-state index contributed by atoms with van der Waals surface area (Å²) in [5.41, 5.74) is 1.10. The fourth-order valence-electron chi connectivity index (χ4n) is 0.878. The van der Waals surface area contributed by atoms with Crippen LogP contribution in [0.4, 0.5) is 0 Å². The van der Waals surface area contributed by atoms with Gasteiger partial charge >= 0.3 is 0 Å². The first-order valence-corrected chi connectivity index (χ1v) is 4.50. The molecule has 0 aliphatic rings. The Labute approximate surface area is 75.2 Å². The van der Waals surface area contributed by atoms with Crippen LogP contribution in [0.25, 0.3) is 0 Å². The third kappa shape index (κ3) is 1.99. The standard InChI is InChI=1S/C8H11BrN2/c1-3-6(2)8-7(9)4-10-5-11-8/h4-6H,3H2,1-2H3. The van der Waals surface area contributed by atoms with E-state index >= 15 is 0 Å². The highest BCUT2D eigenvalue weighted by Crippen LogP contribution is 2.23. The fraction of sp³-hybridized carbons (Fsp3) is 0.500. The summed E-state index contributed by atoms with van der Waals surface area (Å²) in [4.78, 5) is 8.09. The maximum absolute atomic E-state index is 4.19. The van der Waals surface area contributed by atoms with E-state index in [1.54, 1.807) is 12.5 Å². The van der Waals surface area contributed by atoms with E-state index < -0.39 is 0 Å². The molecule has 0 aliphatic carbocycles. The van der Waals surface area contributed by atoms with Crippen molar-refractivity contribution in [3.63, 3.8) is 0 Å². The molecular weight excluding hydrogens is 204 g/mol. The van der Waals surface area contributed by atoms with Gasteiger partial charge in [-0.3, -0.25) is 0 Å². The average Bonchev–Trinajstić information content (AvgIpc) is 2.04. The molecule has 0 saturated heterocycles. The van der Waals surface area contributed by atoms with Crippen molar-refractivity contribution >= 4 is 15.9 Å². The minimum Gasteiger partial charge on any atom is -0.244 e. The third-order valence-electron chi connectivity index (χ3n) is 1.78. The van der Waals surface area contributed by atoms with Gasteiger partial charge in [-0.15, -0.1) is 0 Å². The number of rotatable bonds is 2. The van der Waals surface area contributed by atoms with Gasteiger partial charge in [-0.1, -0.05) is 13.8 Å². The quantitative estimate of drug-likeness (QED) is 0.757. The second-order valence-corrected chi connectivity index (χ2v) is 3.42. The maximum atomic E-state index is 4.19. The zero-order chi connectivity index (χ0) is 8.27. The summed E-state index contributed by atoms with van der Waals surface area (Å²) in [6.07, 6.45) is 4.48. The molecular formula is C8H11BrN2. The number of hydrogen-bond acceptors (Lipinski definition) is 2. The van der Waals surface area contributed by atoms with Crippen molar-refractivity contribution in [1.29, 1.82) is 0 Å². The van der Waals surface area contributed by atoms with Crippen LogP contribution in [0.5, 0.6) is 0 Å². The molecule has 1 aromatic rings. The zero-order valence-corrected chi connectivity index (χ0v) is 8.30. The van der Waals surface area contributed by atoms with Gasteiger partial charge in [-0.05, 0) is 28.3 Å². The Morgan fingerprint density at radius 1 is 1.64 bits per heavy atom. The van der Waals surface area contributed by atoms with Gasteiger partial charge in [0.2, 0.25) is 0 Å². The molecule has 2 nitrogen and oxygen atoms in total. The molecule has 1 rings (SSSR count). The predicted octanol–water partition coefficient (Wildman–Crippen LogP) is 2.75. The van der Waals surface area contributed by atoms with Gasteiger partial charge in [0.25, 0.3) is 0 Å². The van der Waals surface area contributed by atoms with Crippen molar-refractivity contribution in [2.45, 2.75) is 26.2 Å². The van der Waals surface area contributed by atoms with Crippen LogP contribution in [-0.4, -0.2) is 9.97 Å². The van der Waals surface area contributed by atoms with Crippen LogP contribution in [-0.2, 0) is 0 Å². The van der Waals surface area contributed by atoms with E-state index in [0.717, 1.165) is 16.6 Å². The second-order valence-electron chi connectivity index (χ2n) is 2.57. The molecule has 1 aromatic heterocycles. The van der Waals surface area contributed by atoms with Crippen molar-refractivity contribution in [1.82, 2.24) is 9.97 Å². The number of hydrogen-bond donors (Lipinski definition) is 0. The number of nitrogens with zero attached hydrogens (tertiary/aromatic N) is 2. The lowest BCUT2D eigenvalue weighted by Crippen LogP contribution is -1.96. The Morgan fingerprint density at radius 2 is 2.36 bits per heavy atom. The lowest BCUT2D eigenvalue weighted by atomic mass is 10.1. The summed E-state index contributed by atoms with van der Waals surface area (Å²) in [5, 5.41) is 0. The topological polar surface area (TPSA) is 25.8 Å². The fourth-order valence-corrected chi connectivity index (χ4v) is 1.49. The molecule has 1 unspecified atom stereocenters. The van der Waals surface area contributed by atoms with Crippen LogP contribution in [0.15, 0.2) is 17.0 Å². The molecule has 0 aromatic carbocycles. The van der Waals surface area contributed by atoms with Crippen LogP contribution in [0.3, 0.4) is 0 Å². The van der Waals surface area contributed by atoms with E-state index in [1.807, 2.05) is 0 Å². The molecule has 0 bridgehead atoms. The minimum absolute atomic E-state index is 0.507. The van der Waals surface area contributed by atoms with Crippen molar-refractivity contribution in [3.8, 4) is 0 Å². The van der Waals surface area contributed by atoms with Gasteiger partial charge in [0.1, 0.15) is 6.33 Å². The average molecular weight is 215 g/mol. The highest BCUT2D eigenvalue weighted by molar-refractivity contribution is 9.10. The van der Waals surface area contributed by atoms with Crippen LogP contribution in [0.2, 0.25) is 0 Å². The van der Waals surface area contributed by atoms with E-state index in [2.05, 4.69) is 39.7 Å². The van der Waals surface area contributed by atoms with Gasteiger partial charge in [0, 0.05) is 6.20 Å². The normalized spacial score (nSPS) is 13.0. The van der Waals surface area contributed by atoms with Gasteiger partial charge in [-0.2, -0.15) is 0 Å². The maximum Gasteiger partial charge on any atom is 0.115 e. The molecule has 0 aliphatic heterocycles. The highest BCUT2D eigenvalue weighted by atomic mass is 79.9. The molecule has 60 valence electrons.